The molecule has 5 nitrogen and oxygen atoms in total. The number of piperidine rings is 1. The third-order valence-electron chi connectivity index (χ3n) is 5.82. The van der Waals surface area contributed by atoms with Crippen LogP contribution in [-0.2, 0) is 16.1 Å². The van der Waals surface area contributed by atoms with Gasteiger partial charge in [-0.3, -0.25) is 14.5 Å². The van der Waals surface area contributed by atoms with Gasteiger partial charge in [-0.15, -0.1) is 0 Å². The van der Waals surface area contributed by atoms with E-state index < -0.39 is 11.6 Å². The van der Waals surface area contributed by atoms with E-state index in [1.54, 1.807) is 4.90 Å². The quantitative estimate of drug-likeness (QED) is 0.788. The lowest BCUT2D eigenvalue weighted by Crippen LogP contribution is -2.47. The van der Waals surface area contributed by atoms with Gasteiger partial charge in [-0.05, 0) is 44.1 Å². The predicted molar refractivity (Wildman–Crippen MR) is 97.8 cm³/mol. The van der Waals surface area contributed by atoms with E-state index in [0.717, 1.165) is 25.5 Å². The van der Waals surface area contributed by atoms with Crippen LogP contribution in [0, 0.1) is 17.0 Å². The molecule has 2 aliphatic heterocycles. The van der Waals surface area contributed by atoms with Gasteiger partial charge in [0.1, 0.15) is 11.6 Å². The number of hydrogen-bond donors (Lipinski definition) is 0. The molecule has 1 aromatic carbocycles. The molecule has 0 bridgehead atoms. The fraction of sp³-hybridized carbons (Fsp3) is 0.600. The van der Waals surface area contributed by atoms with Crippen molar-refractivity contribution in [3.63, 3.8) is 0 Å². The minimum absolute atomic E-state index is 0.0187. The van der Waals surface area contributed by atoms with Gasteiger partial charge in [-0.1, -0.05) is 6.92 Å². The Balaban J connectivity index is 1.58. The van der Waals surface area contributed by atoms with Gasteiger partial charge in [0.05, 0.1) is 6.54 Å². The zero-order valence-corrected chi connectivity index (χ0v) is 16.0. The van der Waals surface area contributed by atoms with Crippen LogP contribution in [0.25, 0.3) is 0 Å². The number of amides is 2. The van der Waals surface area contributed by atoms with E-state index in [0.29, 0.717) is 38.2 Å². The molecule has 0 aliphatic carbocycles. The highest BCUT2D eigenvalue weighted by atomic mass is 19.1. The van der Waals surface area contributed by atoms with E-state index in [2.05, 4.69) is 0 Å². The topological polar surface area (TPSA) is 43.9 Å². The lowest BCUT2D eigenvalue weighted by Gasteiger charge is -2.39. The van der Waals surface area contributed by atoms with Crippen molar-refractivity contribution in [1.82, 2.24) is 14.7 Å². The summed E-state index contributed by atoms with van der Waals surface area (Å²) in [6.45, 7) is 5.38. The van der Waals surface area contributed by atoms with Gasteiger partial charge in [-0.2, -0.15) is 0 Å². The number of nitrogens with zero attached hydrogens (tertiary/aromatic N) is 3. The van der Waals surface area contributed by atoms with E-state index in [4.69, 9.17) is 0 Å². The Morgan fingerprint density at radius 3 is 2.41 bits per heavy atom. The number of halogens is 2. The first-order valence-corrected chi connectivity index (χ1v) is 9.49. The maximum absolute atomic E-state index is 13.4. The summed E-state index contributed by atoms with van der Waals surface area (Å²) in [4.78, 5) is 30.4. The molecule has 0 unspecified atom stereocenters. The number of carbonyl (C=O) groups excluding carboxylic acids is 2. The molecular formula is C20H27F2N3O2. The molecule has 2 aliphatic rings. The van der Waals surface area contributed by atoms with Crippen LogP contribution in [0.15, 0.2) is 18.2 Å². The monoisotopic (exact) mass is 379 g/mol. The highest BCUT2D eigenvalue weighted by Crippen LogP contribution is 2.41. The average Bonchev–Trinajstić information content (AvgIpc) is 2.89. The van der Waals surface area contributed by atoms with E-state index in [1.165, 1.54) is 12.1 Å². The maximum Gasteiger partial charge on any atom is 0.236 e. The zero-order valence-electron chi connectivity index (χ0n) is 16.0. The number of hydrogen-bond acceptors (Lipinski definition) is 3. The van der Waals surface area contributed by atoms with Gasteiger partial charge >= 0.3 is 0 Å². The Morgan fingerprint density at radius 2 is 1.81 bits per heavy atom. The minimum atomic E-state index is -0.629. The smallest absolute Gasteiger partial charge is 0.236 e. The molecule has 2 heterocycles. The summed E-state index contributed by atoms with van der Waals surface area (Å²) in [5.41, 5.74) is 0.337. The van der Waals surface area contributed by atoms with Crippen molar-refractivity contribution >= 4 is 11.8 Å². The van der Waals surface area contributed by atoms with Gasteiger partial charge in [-0.25, -0.2) is 8.78 Å². The molecular weight excluding hydrogens is 352 g/mol. The molecule has 27 heavy (non-hydrogen) atoms. The summed E-state index contributed by atoms with van der Waals surface area (Å²) in [6, 6.07) is 3.37. The van der Waals surface area contributed by atoms with Crippen molar-refractivity contribution in [1.29, 1.82) is 0 Å². The van der Waals surface area contributed by atoms with Crippen LogP contribution >= 0.6 is 0 Å². The van der Waals surface area contributed by atoms with E-state index in [9.17, 15) is 18.4 Å². The number of likely N-dealkylation sites (N-methyl/N-ethyl adjacent to an activating group) is 1. The number of benzene rings is 1. The van der Waals surface area contributed by atoms with Crippen molar-refractivity contribution in [2.75, 3.05) is 39.8 Å². The predicted octanol–water partition coefficient (Wildman–Crippen LogP) is 2.26. The van der Waals surface area contributed by atoms with Crippen molar-refractivity contribution in [2.24, 2.45) is 5.41 Å². The second-order valence-electron chi connectivity index (χ2n) is 7.92. The first-order chi connectivity index (χ1) is 12.8. The Bertz CT molecular complexity index is 697. The van der Waals surface area contributed by atoms with Crippen LogP contribution in [0.1, 0.15) is 31.7 Å². The Labute approximate surface area is 158 Å². The molecule has 7 heteroatoms. The van der Waals surface area contributed by atoms with Crippen LogP contribution in [0.4, 0.5) is 8.78 Å². The number of likely N-dealkylation sites (tertiary alicyclic amines) is 2. The van der Waals surface area contributed by atoms with Gasteiger partial charge in [0.25, 0.3) is 0 Å². The summed E-state index contributed by atoms with van der Waals surface area (Å²) >= 11 is 0. The van der Waals surface area contributed by atoms with Crippen LogP contribution in [-0.4, -0.2) is 66.3 Å². The summed E-state index contributed by atoms with van der Waals surface area (Å²) < 4.78 is 26.8. The third-order valence-corrected chi connectivity index (χ3v) is 5.82. The Hall–Kier alpha value is -2.02. The lowest BCUT2D eigenvalue weighted by atomic mass is 9.77. The molecule has 0 saturated carbocycles. The van der Waals surface area contributed by atoms with Crippen LogP contribution in [0.5, 0.6) is 0 Å². The summed E-state index contributed by atoms with van der Waals surface area (Å²) in [6.07, 6.45) is 2.02. The normalized spacial score (nSPS) is 19.4. The van der Waals surface area contributed by atoms with Gasteiger partial charge in [0.2, 0.25) is 11.8 Å². The number of carbonyl (C=O) groups is 2. The first kappa shape index (κ1) is 19.7. The maximum atomic E-state index is 13.4. The molecule has 2 amide bonds. The molecule has 148 valence electrons. The standard InChI is InChI=1S/C20H27F2N3O2/c1-3-23(2)13-19(27)24-6-4-20(5-7-24)11-18(26)25(14-20)12-15-8-16(21)10-17(22)9-15/h8-10H,3-7,11-14H2,1-2H3. The van der Waals surface area contributed by atoms with Crippen molar-refractivity contribution in [3.8, 4) is 0 Å². The summed E-state index contributed by atoms with van der Waals surface area (Å²) in [5, 5.41) is 0. The third kappa shape index (κ3) is 4.64. The Morgan fingerprint density at radius 1 is 1.19 bits per heavy atom. The van der Waals surface area contributed by atoms with Crippen molar-refractivity contribution in [2.45, 2.75) is 32.7 Å². The molecule has 1 aromatic rings. The molecule has 0 atom stereocenters. The second kappa shape index (κ2) is 7.92. The highest BCUT2D eigenvalue weighted by molar-refractivity contribution is 5.80. The Kier molecular flexibility index (Phi) is 5.79. The number of rotatable bonds is 5. The molecule has 2 fully saturated rings. The molecule has 2 saturated heterocycles. The van der Waals surface area contributed by atoms with E-state index >= 15 is 0 Å². The van der Waals surface area contributed by atoms with E-state index in [1.807, 2.05) is 23.8 Å². The van der Waals surface area contributed by atoms with E-state index in [-0.39, 0.29) is 23.8 Å². The fourth-order valence-electron chi connectivity index (χ4n) is 4.06. The first-order valence-electron chi connectivity index (χ1n) is 9.49. The van der Waals surface area contributed by atoms with Gasteiger partial charge in [0, 0.05) is 44.1 Å². The molecule has 0 N–H and O–H groups in total. The second-order valence-corrected chi connectivity index (χ2v) is 7.92. The van der Waals surface area contributed by atoms with Crippen molar-refractivity contribution in [3.05, 3.63) is 35.4 Å². The average molecular weight is 379 g/mol. The fourth-order valence-corrected chi connectivity index (χ4v) is 4.06. The molecule has 1 spiro atoms. The zero-order chi connectivity index (χ0) is 19.6. The molecule has 3 rings (SSSR count). The SMILES string of the molecule is CCN(C)CC(=O)N1CCC2(CC1)CC(=O)N(Cc1cc(F)cc(F)c1)C2. The molecule has 0 aromatic heterocycles. The largest absolute Gasteiger partial charge is 0.342 e. The highest BCUT2D eigenvalue weighted by Gasteiger charge is 2.45. The molecule has 0 radical (unpaired) electrons. The van der Waals surface area contributed by atoms with Crippen LogP contribution in [0.3, 0.4) is 0 Å². The van der Waals surface area contributed by atoms with Crippen LogP contribution in [0.2, 0.25) is 0 Å². The van der Waals surface area contributed by atoms with Gasteiger partial charge < -0.3 is 9.80 Å². The summed E-state index contributed by atoms with van der Waals surface area (Å²) in [5.74, 6) is -1.11. The van der Waals surface area contributed by atoms with Crippen LogP contribution < -0.4 is 0 Å². The van der Waals surface area contributed by atoms with Crippen molar-refractivity contribution < 1.29 is 18.4 Å². The summed E-state index contributed by atoms with van der Waals surface area (Å²) in [7, 11) is 1.92. The van der Waals surface area contributed by atoms with Gasteiger partial charge in [0.15, 0.2) is 0 Å². The lowest BCUT2D eigenvalue weighted by molar-refractivity contribution is -0.134. The minimum Gasteiger partial charge on any atom is -0.342 e.